The second-order valence-corrected chi connectivity index (χ2v) is 9.37. The summed E-state index contributed by atoms with van der Waals surface area (Å²) in [6.45, 7) is 7.75. The van der Waals surface area contributed by atoms with Gasteiger partial charge in [-0.3, -0.25) is 19.1 Å². The Hall–Kier alpha value is -2.15. The lowest BCUT2D eigenvalue weighted by Crippen LogP contribution is -2.47. The Morgan fingerprint density at radius 3 is 2.40 bits per heavy atom. The van der Waals surface area contributed by atoms with Crippen LogP contribution in [0.5, 0.6) is 0 Å². The molecule has 3 rings (SSSR count). The van der Waals surface area contributed by atoms with Crippen molar-refractivity contribution >= 4 is 46.1 Å². The number of hydrogen-bond acceptors (Lipinski definition) is 7. The quantitative estimate of drug-likeness (QED) is 0.509. The number of amides is 1. The third kappa shape index (κ3) is 4.17. The highest BCUT2D eigenvalue weighted by atomic mass is 32.2. The first-order valence-electron chi connectivity index (χ1n) is 10.1. The Morgan fingerprint density at radius 2 is 1.87 bits per heavy atom. The van der Waals surface area contributed by atoms with Crippen LogP contribution >= 0.6 is 24.0 Å². The molecule has 2 fully saturated rings. The van der Waals surface area contributed by atoms with Gasteiger partial charge in [0.15, 0.2) is 0 Å². The van der Waals surface area contributed by atoms with Gasteiger partial charge in [0, 0.05) is 45.3 Å². The number of thiocarbonyl (C=S) groups is 1. The molecule has 0 aliphatic carbocycles. The Balaban J connectivity index is 2.25. The number of carbonyl (C=O) groups is 1. The lowest BCUT2D eigenvalue weighted by molar-refractivity contribution is -0.121. The molecule has 0 spiro atoms. The largest absolute Gasteiger partial charge is 0.355 e. The fourth-order valence-corrected chi connectivity index (χ4v) is 4.86. The molecule has 0 bridgehead atoms. The molecule has 2 saturated heterocycles. The van der Waals surface area contributed by atoms with Crippen molar-refractivity contribution in [3.05, 3.63) is 31.9 Å². The monoisotopic (exact) mass is 445 g/mol. The molecule has 160 valence electrons. The molecule has 30 heavy (non-hydrogen) atoms. The minimum atomic E-state index is -0.252. The highest BCUT2D eigenvalue weighted by molar-refractivity contribution is 8.26. The topological polar surface area (TPSA) is 72.6 Å². The van der Waals surface area contributed by atoms with Crippen molar-refractivity contribution in [2.24, 2.45) is 0 Å². The summed E-state index contributed by atoms with van der Waals surface area (Å²) in [6, 6.07) is 2.09. The Labute approximate surface area is 186 Å². The number of rotatable bonds is 5. The Morgan fingerprint density at radius 1 is 1.20 bits per heavy atom. The highest BCUT2D eigenvalue weighted by Crippen LogP contribution is 2.35. The fraction of sp³-hybridized carbons (Fsp3) is 0.524. The summed E-state index contributed by atoms with van der Waals surface area (Å²) in [4.78, 5) is 32.3. The molecule has 1 aromatic rings. The van der Waals surface area contributed by atoms with Crippen molar-refractivity contribution in [1.29, 1.82) is 5.26 Å². The number of anilines is 1. The van der Waals surface area contributed by atoms with E-state index in [4.69, 9.17) is 12.2 Å². The lowest BCUT2D eigenvalue weighted by atomic mass is 10.0. The van der Waals surface area contributed by atoms with Crippen LogP contribution in [0, 0.1) is 18.3 Å². The number of carbonyl (C=O) groups excluding carboxylic acids is 1. The summed E-state index contributed by atoms with van der Waals surface area (Å²) in [6.07, 6.45) is 3.59. The van der Waals surface area contributed by atoms with Gasteiger partial charge in [0.1, 0.15) is 21.8 Å². The molecule has 7 nitrogen and oxygen atoms in total. The van der Waals surface area contributed by atoms with Crippen LogP contribution in [0.1, 0.15) is 36.5 Å². The van der Waals surface area contributed by atoms with Crippen molar-refractivity contribution in [1.82, 2.24) is 14.4 Å². The molecule has 2 aliphatic heterocycles. The van der Waals surface area contributed by atoms with Crippen LogP contribution in [0.25, 0.3) is 6.08 Å². The molecule has 0 unspecified atom stereocenters. The summed E-state index contributed by atoms with van der Waals surface area (Å²) in [5, 5.41) is 9.70. The van der Waals surface area contributed by atoms with Crippen LogP contribution in [-0.2, 0) is 11.3 Å². The van der Waals surface area contributed by atoms with Gasteiger partial charge in [-0.1, -0.05) is 37.3 Å². The predicted molar refractivity (Wildman–Crippen MR) is 126 cm³/mol. The average Bonchev–Trinajstić information content (AvgIpc) is 2.97. The smallest absolute Gasteiger partial charge is 0.270 e. The fourth-order valence-electron chi connectivity index (χ4n) is 3.70. The van der Waals surface area contributed by atoms with E-state index in [0.29, 0.717) is 21.3 Å². The maximum Gasteiger partial charge on any atom is 0.270 e. The second kappa shape index (κ2) is 9.33. The third-order valence-corrected chi connectivity index (χ3v) is 7.13. The molecular formula is C21H27N5O2S2. The van der Waals surface area contributed by atoms with Gasteiger partial charge >= 0.3 is 0 Å². The third-order valence-electron chi connectivity index (χ3n) is 5.65. The van der Waals surface area contributed by atoms with Gasteiger partial charge < -0.3 is 9.80 Å². The SMILES string of the molecule is CCCCn1c(N2CCN(C)CC2)c(C=C2SC(=S)N(C)C2=O)c(C)c(C#N)c1=O. The van der Waals surface area contributed by atoms with Gasteiger partial charge in [-0.25, -0.2) is 0 Å². The van der Waals surface area contributed by atoms with Gasteiger partial charge in [0.05, 0.1) is 4.91 Å². The number of nitrogens with zero attached hydrogens (tertiary/aromatic N) is 5. The number of unbranched alkanes of at least 4 members (excludes halogenated alkanes) is 1. The maximum atomic E-state index is 13.2. The van der Waals surface area contributed by atoms with Crippen LogP contribution < -0.4 is 10.5 Å². The number of nitriles is 1. The van der Waals surface area contributed by atoms with Crippen molar-refractivity contribution in [2.75, 3.05) is 45.2 Å². The predicted octanol–water partition coefficient (Wildman–Crippen LogP) is 2.41. The minimum Gasteiger partial charge on any atom is -0.355 e. The maximum absolute atomic E-state index is 13.2. The van der Waals surface area contributed by atoms with Crippen molar-refractivity contribution in [2.45, 2.75) is 33.2 Å². The summed E-state index contributed by atoms with van der Waals surface area (Å²) < 4.78 is 2.24. The van der Waals surface area contributed by atoms with Crippen molar-refractivity contribution in [3.8, 4) is 6.07 Å². The van der Waals surface area contributed by atoms with Crippen molar-refractivity contribution in [3.63, 3.8) is 0 Å². The molecule has 1 amide bonds. The van der Waals surface area contributed by atoms with Gasteiger partial charge in [-0.15, -0.1) is 0 Å². The number of aromatic nitrogens is 1. The minimum absolute atomic E-state index is 0.141. The lowest BCUT2D eigenvalue weighted by Gasteiger charge is -2.36. The number of piperazine rings is 1. The van der Waals surface area contributed by atoms with E-state index in [-0.39, 0.29) is 17.0 Å². The van der Waals surface area contributed by atoms with Gasteiger partial charge in [0.2, 0.25) is 0 Å². The molecule has 0 saturated carbocycles. The molecule has 2 aliphatic rings. The van der Waals surface area contributed by atoms with Crippen LogP contribution in [0.3, 0.4) is 0 Å². The number of pyridine rings is 1. The van der Waals surface area contributed by atoms with E-state index in [2.05, 4.69) is 29.8 Å². The van der Waals surface area contributed by atoms with E-state index in [1.165, 1.54) is 16.7 Å². The molecule has 0 radical (unpaired) electrons. The number of likely N-dealkylation sites (N-methyl/N-ethyl adjacent to an activating group) is 2. The molecule has 0 aromatic carbocycles. The Kier molecular flexibility index (Phi) is 7.01. The zero-order chi connectivity index (χ0) is 22.0. The van der Waals surface area contributed by atoms with Crippen LogP contribution in [0.2, 0.25) is 0 Å². The molecule has 1 aromatic heterocycles. The summed E-state index contributed by atoms with van der Waals surface area (Å²) in [7, 11) is 3.74. The number of hydrogen-bond donors (Lipinski definition) is 0. The van der Waals surface area contributed by atoms with Gasteiger partial charge in [-0.2, -0.15) is 5.26 Å². The van der Waals surface area contributed by atoms with E-state index in [1.807, 2.05) is 6.08 Å². The highest BCUT2D eigenvalue weighted by Gasteiger charge is 2.31. The van der Waals surface area contributed by atoms with Crippen molar-refractivity contribution < 1.29 is 4.79 Å². The van der Waals surface area contributed by atoms with Crippen LogP contribution in [0.4, 0.5) is 5.82 Å². The zero-order valence-electron chi connectivity index (χ0n) is 17.9. The zero-order valence-corrected chi connectivity index (χ0v) is 19.5. The molecule has 3 heterocycles. The normalized spacial score (nSPS) is 19.1. The second-order valence-electron chi connectivity index (χ2n) is 7.69. The first-order valence-corrected chi connectivity index (χ1v) is 11.3. The van der Waals surface area contributed by atoms with Crippen LogP contribution in [-0.4, -0.2) is 64.9 Å². The van der Waals surface area contributed by atoms with Gasteiger partial charge in [-0.05, 0) is 32.0 Å². The molecule has 0 N–H and O–H groups in total. The number of thioether (sulfide) groups is 1. The molecule has 9 heteroatoms. The summed E-state index contributed by atoms with van der Waals surface area (Å²) >= 11 is 6.53. The Bertz CT molecular complexity index is 1000. The average molecular weight is 446 g/mol. The standard InChI is InChI=1S/C21H27N5O2S2/c1-5-6-7-26-18(25-10-8-23(3)9-11-25)15(14(2)16(13-22)19(26)27)12-17-20(28)24(4)21(29)30-17/h12H,5-11H2,1-4H3. The first kappa shape index (κ1) is 22.5. The van der Waals surface area contributed by atoms with E-state index in [1.54, 1.807) is 18.5 Å². The summed E-state index contributed by atoms with van der Waals surface area (Å²) in [5.41, 5.74) is 1.27. The van der Waals surface area contributed by atoms with Gasteiger partial charge in [0.25, 0.3) is 11.5 Å². The molecular weight excluding hydrogens is 418 g/mol. The van der Waals surface area contributed by atoms with E-state index < -0.39 is 0 Å². The summed E-state index contributed by atoms with van der Waals surface area (Å²) in [5.74, 6) is 0.651. The van der Waals surface area contributed by atoms with E-state index in [0.717, 1.165) is 50.4 Å². The van der Waals surface area contributed by atoms with E-state index >= 15 is 0 Å². The van der Waals surface area contributed by atoms with Crippen LogP contribution in [0.15, 0.2) is 9.70 Å². The first-order chi connectivity index (χ1) is 14.3. The van der Waals surface area contributed by atoms with E-state index in [9.17, 15) is 14.9 Å². The molecule has 0 atom stereocenters.